The van der Waals surface area contributed by atoms with Crippen LogP contribution in [0, 0.1) is 6.92 Å². The quantitative estimate of drug-likeness (QED) is 0.576. The molecule has 0 N–H and O–H groups in total. The van der Waals surface area contributed by atoms with Crippen molar-refractivity contribution in [1.82, 2.24) is 0 Å². The van der Waals surface area contributed by atoms with Crippen molar-refractivity contribution in [2.45, 2.75) is 6.92 Å². The van der Waals surface area contributed by atoms with Crippen molar-refractivity contribution in [3.05, 3.63) is 54.1 Å². The first-order valence-electron chi connectivity index (χ1n) is 5.12. The van der Waals surface area contributed by atoms with Crippen molar-refractivity contribution in [3.8, 4) is 11.1 Å². The predicted molar refractivity (Wildman–Crippen MR) is 75.1 cm³/mol. The summed E-state index contributed by atoms with van der Waals surface area (Å²) in [5.41, 5.74) is 3.59. The van der Waals surface area contributed by atoms with Crippen molar-refractivity contribution in [2.75, 3.05) is 0 Å². The summed E-state index contributed by atoms with van der Waals surface area (Å²) in [6, 6.07) is 16.5. The SMILES string of the molecule is Cc1ccc(-c2ccccc2[SiH](Cl)Cl)cc1. The summed E-state index contributed by atoms with van der Waals surface area (Å²) in [7, 11) is -1.81. The van der Waals surface area contributed by atoms with Crippen molar-refractivity contribution < 1.29 is 0 Å². The highest BCUT2D eigenvalue weighted by Gasteiger charge is 2.12. The van der Waals surface area contributed by atoms with Crippen LogP contribution in [0.15, 0.2) is 48.5 Å². The van der Waals surface area contributed by atoms with Gasteiger partial charge >= 0.3 is 0 Å². The monoisotopic (exact) mass is 266 g/mol. The van der Waals surface area contributed by atoms with E-state index >= 15 is 0 Å². The van der Waals surface area contributed by atoms with E-state index in [0.29, 0.717) is 0 Å². The van der Waals surface area contributed by atoms with E-state index in [1.165, 1.54) is 11.1 Å². The first kappa shape index (κ1) is 11.7. The minimum atomic E-state index is -1.81. The van der Waals surface area contributed by atoms with E-state index in [0.717, 1.165) is 10.8 Å². The lowest BCUT2D eigenvalue weighted by atomic mass is 10.0. The fourth-order valence-corrected chi connectivity index (χ4v) is 3.58. The molecule has 0 amide bonds. The van der Waals surface area contributed by atoms with Crippen LogP contribution in [0.25, 0.3) is 11.1 Å². The van der Waals surface area contributed by atoms with Crippen LogP contribution in [0.1, 0.15) is 5.56 Å². The smallest absolute Gasteiger partial charge is 0.144 e. The van der Waals surface area contributed by atoms with Gasteiger partial charge in [0.05, 0.1) is 0 Å². The van der Waals surface area contributed by atoms with E-state index < -0.39 is 7.42 Å². The van der Waals surface area contributed by atoms with Gasteiger partial charge in [-0.25, -0.2) is 0 Å². The molecule has 0 saturated heterocycles. The summed E-state index contributed by atoms with van der Waals surface area (Å²) in [6.45, 7) is 2.08. The van der Waals surface area contributed by atoms with Gasteiger partial charge in [-0.2, -0.15) is 0 Å². The normalized spacial score (nSPS) is 10.8. The van der Waals surface area contributed by atoms with Crippen LogP contribution in [-0.2, 0) is 0 Å². The molecule has 82 valence electrons. The Hall–Kier alpha value is -0.763. The third kappa shape index (κ3) is 2.49. The molecule has 0 atom stereocenters. The standard InChI is InChI=1S/C13H12Cl2Si/c1-10-6-8-11(9-7-10)12-4-2-3-5-13(12)16(14)15/h2-9,16H,1H3. The van der Waals surface area contributed by atoms with Crippen molar-refractivity contribution in [3.63, 3.8) is 0 Å². The third-order valence-corrected chi connectivity index (χ3v) is 4.94. The second kappa shape index (κ2) is 5.04. The van der Waals surface area contributed by atoms with E-state index in [-0.39, 0.29) is 0 Å². The molecule has 0 fully saturated rings. The molecule has 0 aromatic heterocycles. The lowest BCUT2D eigenvalue weighted by molar-refractivity contribution is 1.47. The van der Waals surface area contributed by atoms with Crippen LogP contribution in [0.5, 0.6) is 0 Å². The molecule has 0 bridgehead atoms. The fraction of sp³-hybridized carbons (Fsp3) is 0.0769. The highest BCUT2D eigenvalue weighted by Crippen LogP contribution is 2.19. The van der Waals surface area contributed by atoms with E-state index in [9.17, 15) is 0 Å². The zero-order chi connectivity index (χ0) is 11.5. The van der Waals surface area contributed by atoms with Crippen LogP contribution < -0.4 is 5.19 Å². The Bertz CT molecular complexity index is 478. The Kier molecular flexibility index (Phi) is 3.69. The maximum atomic E-state index is 6.09. The van der Waals surface area contributed by atoms with Gasteiger partial charge in [0.25, 0.3) is 7.42 Å². The molecule has 0 heterocycles. The molecule has 3 heteroatoms. The highest BCUT2D eigenvalue weighted by molar-refractivity contribution is 7.39. The average Bonchev–Trinajstić information content (AvgIpc) is 2.30. The predicted octanol–water partition coefficient (Wildman–Crippen LogP) is 3.57. The maximum Gasteiger partial charge on any atom is 0.267 e. The number of aryl methyl sites for hydroxylation is 1. The molecule has 0 aliphatic carbocycles. The van der Waals surface area contributed by atoms with Crippen molar-refractivity contribution in [2.24, 2.45) is 0 Å². The molecular weight excluding hydrogens is 255 g/mol. The van der Waals surface area contributed by atoms with Crippen molar-refractivity contribution in [1.29, 1.82) is 0 Å². The summed E-state index contributed by atoms with van der Waals surface area (Å²) < 4.78 is 0. The van der Waals surface area contributed by atoms with Gasteiger partial charge in [0.1, 0.15) is 0 Å². The summed E-state index contributed by atoms with van der Waals surface area (Å²) in [5.74, 6) is 0. The minimum absolute atomic E-state index is 1.09. The van der Waals surface area contributed by atoms with Gasteiger partial charge in [-0.15, -0.1) is 22.2 Å². The van der Waals surface area contributed by atoms with Gasteiger partial charge in [0.15, 0.2) is 0 Å². The molecule has 16 heavy (non-hydrogen) atoms. The number of halogens is 2. The summed E-state index contributed by atoms with van der Waals surface area (Å²) >= 11 is 12.2. The molecule has 2 aromatic rings. The first-order chi connectivity index (χ1) is 7.68. The number of hydrogen-bond donors (Lipinski definition) is 0. The lowest BCUT2D eigenvalue weighted by Gasteiger charge is -2.09. The summed E-state index contributed by atoms with van der Waals surface area (Å²) in [4.78, 5) is 0. The Morgan fingerprint density at radius 1 is 0.875 bits per heavy atom. The van der Waals surface area contributed by atoms with E-state index in [1.54, 1.807) is 0 Å². The topological polar surface area (TPSA) is 0 Å². The second-order valence-electron chi connectivity index (χ2n) is 3.75. The first-order valence-corrected chi connectivity index (χ1v) is 9.19. The van der Waals surface area contributed by atoms with Gasteiger partial charge < -0.3 is 0 Å². The van der Waals surface area contributed by atoms with Gasteiger partial charge in [0, 0.05) is 0 Å². The number of rotatable bonds is 2. The van der Waals surface area contributed by atoms with E-state index in [1.807, 2.05) is 18.2 Å². The second-order valence-corrected chi connectivity index (χ2v) is 8.27. The molecule has 2 rings (SSSR count). The Morgan fingerprint density at radius 2 is 1.50 bits per heavy atom. The molecule has 0 radical (unpaired) electrons. The van der Waals surface area contributed by atoms with Crippen LogP contribution in [0.3, 0.4) is 0 Å². The molecule has 0 saturated carbocycles. The molecule has 0 aliphatic heterocycles. The number of benzene rings is 2. The van der Waals surface area contributed by atoms with E-state index in [4.69, 9.17) is 22.2 Å². The summed E-state index contributed by atoms with van der Waals surface area (Å²) in [6.07, 6.45) is 0. The highest BCUT2D eigenvalue weighted by atomic mass is 35.7. The summed E-state index contributed by atoms with van der Waals surface area (Å²) in [5, 5.41) is 1.09. The number of hydrogen-bond acceptors (Lipinski definition) is 0. The zero-order valence-electron chi connectivity index (χ0n) is 8.95. The van der Waals surface area contributed by atoms with Gasteiger partial charge in [-0.05, 0) is 23.2 Å². The molecule has 0 nitrogen and oxygen atoms in total. The molecular formula is C13H12Cl2Si. The average molecular weight is 267 g/mol. The third-order valence-electron chi connectivity index (χ3n) is 2.56. The Morgan fingerprint density at radius 3 is 2.12 bits per heavy atom. The molecule has 0 unspecified atom stereocenters. The molecule has 0 spiro atoms. The maximum absolute atomic E-state index is 6.09. The van der Waals surface area contributed by atoms with Gasteiger partial charge in [0.2, 0.25) is 0 Å². The van der Waals surface area contributed by atoms with Crippen LogP contribution >= 0.6 is 22.2 Å². The fourth-order valence-electron chi connectivity index (χ4n) is 1.68. The Labute approximate surface area is 107 Å². The van der Waals surface area contributed by atoms with Gasteiger partial charge in [-0.1, -0.05) is 54.1 Å². The van der Waals surface area contributed by atoms with Crippen LogP contribution in [-0.4, -0.2) is 7.42 Å². The molecule has 0 aliphatic rings. The molecule has 2 aromatic carbocycles. The largest absolute Gasteiger partial charge is 0.267 e. The van der Waals surface area contributed by atoms with Crippen LogP contribution in [0.2, 0.25) is 0 Å². The zero-order valence-corrected chi connectivity index (χ0v) is 11.6. The minimum Gasteiger partial charge on any atom is -0.144 e. The van der Waals surface area contributed by atoms with Crippen LogP contribution in [0.4, 0.5) is 0 Å². The Balaban J connectivity index is 2.51. The van der Waals surface area contributed by atoms with Crippen molar-refractivity contribution >= 4 is 34.8 Å². The lowest BCUT2D eigenvalue weighted by Crippen LogP contribution is -2.20. The van der Waals surface area contributed by atoms with Gasteiger partial charge in [-0.3, -0.25) is 0 Å². The van der Waals surface area contributed by atoms with E-state index in [2.05, 4.69) is 37.3 Å².